The van der Waals surface area contributed by atoms with Crippen LogP contribution < -0.4 is 5.32 Å². The molecule has 8 heteroatoms. The Labute approximate surface area is 227 Å². The fourth-order valence-electron chi connectivity index (χ4n) is 6.12. The van der Waals surface area contributed by atoms with Crippen LogP contribution in [0.4, 0.5) is 10.2 Å². The topological polar surface area (TPSA) is 95.2 Å². The summed E-state index contributed by atoms with van der Waals surface area (Å²) in [6, 6.07) is 13.5. The van der Waals surface area contributed by atoms with Crippen molar-refractivity contribution in [2.75, 3.05) is 18.4 Å². The Morgan fingerprint density at radius 1 is 1.13 bits per heavy atom. The Hall–Kier alpha value is -3.81. The molecule has 2 fully saturated rings. The molecule has 0 spiro atoms. The first kappa shape index (κ1) is 25.5. The van der Waals surface area contributed by atoms with Crippen molar-refractivity contribution < 1.29 is 18.8 Å². The second-order valence-corrected chi connectivity index (χ2v) is 11.5. The number of likely N-dealkylation sites (tertiary alicyclic amines) is 1. The predicted octanol–water partition coefficient (Wildman–Crippen LogP) is 5.11. The van der Waals surface area contributed by atoms with Crippen molar-refractivity contribution in [3.05, 3.63) is 71.0 Å². The lowest BCUT2D eigenvalue weighted by Gasteiger charge is -2.38. The normalized spacial score (nSPS) is 24.3. The van der Waals surface area contributed by atoms with E-state index in [1.165, 1.54) is 0 Å². The van der Waals surface area contributed by atoms with Crippen LogP contribution in [0.3, 0.4) is 0 Å². The number of amides is 2. The van der Waals surface area contributed by atoms with Crippen molar-refractivity contribution >= 4 is 23.4 Å². The van der Waals surface area contributed by atoms with Gasteiger partial charge in [-0.15, -0.1) is 0 Å². The maximum atomic E-state index is 13.8. The van der Waals surface area contributed by atoms with Crippen molar-refractivity contribution in [1.82, 2.24) is 14.9 Å². The first-order valence-electron chi connectivity index (χ1n) is 13.8. The number of ketones is 1. The average molecular weight is 529 g/mol. The molecule has 7 nitrogen and oxygen atoms in total. The van der Waals surface area contributed by atoms with Crippen molar-refractivity contribution in [2.24, 2.45) is 11.3 Å². The molecular weight excluding hydrogens is 495 g/mol. The zero-order chi connectivity index (χ0) is 27.1. The van der Waals surface area contributed by atoms with Crippen LogP contribution in [0, 0.1) is 11.3 Å². The van der Waals surface area contributed by atoms with Crippen LogP contribution >= 0.6 is 0 Å². The molecule has 2 aliphatic carbocycles. The van der Waals surface area contributed by atoms with Gasteiger partial charge in [0.2, 0.25) is 11.8 Å². The van der Waals surface area contributed by atoms with Gasteiger partial charge in [0.25, 0.3) is 0 Å². The van der Waals surface area contributed by atoms with Gasteiger partial charge < -0.3 is 15.2 Å². The summed E-state index contributed by atoms with van der Waals surface area (Å²) >= 11 is 0. The van der Waals surface area contributed by atoms with Crippen molar-refractivity contribution in [1.29, 1.82) is 0 Å². The van der Waals surface area contributed by atoms with Gasteiger partial charge in [0.1, 0.15) is 12.0 Å². The van der Waals surface area contributed by atoms with E-state index >= 15 is 0 Å². The number of pyridine rings is 1. The number of fused-ring (bicyclic) bond motifs is 1. The number of nitrogens with one attached hydrogen (secondary N) is 2. The quantitative estimate of drug-likeness (QED) is 0.465. The van der Waals surface area contributed by atoms with Crippen LogP contribution in [0.2, 0.25) is 0 Å². The molecule has 2 aromatic heterocycles. The molecule has 3 heterocycles. The van der Waals surface area contributed by atoms with E-state index in [-0.39, 0.29) is 30.4 Å². The maximum absolute atomic E-state index is 13.8. The number of piperidine rings is 1. The Kier molecular flexibility index (Phi) is 6.57. The molecule has 1 aliphatic heterocycles. The molecule has 0 radical (unpaired) electrons. The number of hydrogen-bond donors (Lipinski definition) is 2. The third-order valence-electron chi connectivity index (χ3n) is 8.31. The third kappa shape index (κ3) is 5.00. The molecule has 2 N–H and O–H groups in total. The number of anilines is 1. The summed E-state index contributed by atoms with van der Waals surface area (Å²) in [5.41, 5.74) is 4.14. The highest BCUT2D eigenvalue weighted by Gasteiger charge is 2.45. The first-order chi connectivity index (χ1) is 18.8. The van der Waals surface area contributed by atoms with Gasteiger partial charge in [0.15, 0.2) is 5.78 Å². The molecule has 3 aromatic rings. The molecule has 3 atom stereocenters. The van der Waals surface area contributed by atoms with Crippen LogP contribution in [-0.2, 0) is 22.4 Å². The van der Waals surface area contributed by atoms with Crippen LogP contribution in [-0.4, -0.2) is 51.7 Å². The Morgan fingerprint density at radius 2 is 1.87 bits per heavy atom. The van der Waals surface area contributed by atoms with Crippen molar-refractivity contribution in [3.8, 4) is 11.3 Å². The average Bonchev–Trinajstić information content (AvgIpc) is 3.57. The zero-order valence-electron chi connectivity index (χ0n) is 22.1. The minimum Gasteiger partial charge on any atom is -0.358 e. The van der Waals surface area contributed by atoms with Crippen molar-refractivity contribution in [3.63, 3.8) is 0 Å². The summed E-state index contributed by atoms with van der Waals surface area (Å²) in [5, 5.41) is 2.73. The highest BCUT2D eigenvalue weighted by atomic mass is 19.1. The fourth-order valence-corrected chi connectivity index (χ4v) is 6.12. The van der Waals surface area contributed by atoms with Crippen LogP contribution in [0.15, 0.2) is 48.7 Å². The number of halogens is 1. The van der Waals surface area contributed by atoms with Crippen LogP contribution in [0.1, 0.15) is 66.2 Å². The number of hydrogen-bond acceptors (Lipinski definition) is 4. The molecule has 1 saturated heterocycles. The Balaban J connectivity index is 1.37. The molecule has 1 aromatic carbocycles. The summed E-state index contributed by atoms with van der Waals surface area (Å²) in [6.07, 6.45) is 5.07. The lowest BCUT2D eigenvalue weighted by atomic mass is 9.72. The van der Waals surface area contributed by atoms with E-state index in [9.17, 15) is 18.8 Å². The van der Waals surface area contributed by atoms with Gasteiger partial charge in [-0.3, -0.25) is 14.4 Å². The molecule has 3 aliphatic rings. The third-order valence-corrected chi connectivity index (χ3v) is 8.31. The Bertz CT molecular complexity index is 1430. The number of benzene rings is 1. The fraction of sp³-hybridized carbons (Fsp3) is 0.419. The standard InChI is InChI=1S/C31H33FN4O3/c1-31(30(39)36-12-6-3-7-13-36)17-24-27(25(37)18-31)22(14-19-8-4-2-5-9-19)28(34-24)20-10-11-33-26(15-20)35-29(38)21-16-23(21)32/h2,4-5,8-11,15,21,23,34H,3,6-7,12-14,16-18H2,1H3,(H,33,35,38)/t21-,23+,31?/m1/s1. The summed E-state index contributed by atoms with van der Waals surface area (Å²) in [4.78, 5) is 49.4. The van der Waals surface area contributed by atoms with E-state index in [0.29, 0.717) is 24.2 Å². The minimum absolute atomic E-state index is 0.0251. The molecule has 1 saturated carbocycles. The van der Waals surface area contributed by atoms with Gasteiger partial charge in [-0.1, -0.05) is 30.3 Å². The molecular formula is C31H33FN4O3. The molecule has 39 heavy (non-hydrogen) atoms. The van der Waals surface area contributed by atoms with Gasteiger partial charge in [0, 0.05) is 55.4 Å². The molecule has 2 amide bonds. The lowest BCUT2D eigenvalue weighted by Crippen LogP contribution is -2.48. The molecule has 202 valence electrons. The van der Waals surface area contributed by atoms with E-state index in [2.05, 4.69) is 15.3 Å². The monoisotopic (exact) mass is 528 g/mol. The lowest BCUT2D eigenvalue weighted by molar-refractivity contribution is -0.142. The highest BCUT2D eigenvalue weighted by molar-refractivity contribution is 6.05. The van der Waals surface area contributed by atoms with Gasteiger partial charge in [-0.05, 0) is 55.9 Å². The first-order valence-corrected chi connectivity index (χ1v) is 13.8. The number of Topliss-reactive ketones (excluding diaryl/α,β-unsaturated/α-hetero) is 1. The predicted molar refractivity (Wildman–Crippen MR) is 146 cm³/mol. The number of aromatic nitrogens is 2. The summed E-state index contributed by atoms with van der Waals surface area (Å²) in [6.45, 7) is 3.42. The summed E-state index contributed by atoms with van der Waals surface area (Å²) < 4.78 is 13.4. The van der Waals surface area contributed by atoms with Gasteiger partial charge in [-0.25, -0.2) is 9.37 Å². The van der Waals surface area contributed by atoms with Crippen molar-refractivity contribution in [2.45, 2.75) is 58.0 Å². The zero-order valence-corrected chi connectivity index (χ0v) is 22.1. The highest BCUT2D eigenvalue weighted by Crippen LogP contribution is 2.42. The van der Waals surface area contributed by atoms with E-state index in [0.717, 1.165) is 60.4 Å². The van der Waals surface area contributed by atoms with E-state index in [1.54, 1.807) is 12.3 Å². The molecule has 6 rings (SSSR count). The minimum atomic E-state index is -1.09. The largest absolute Gasteiger partial charge is 0.358 e. The number of alkyl halides is 1. The van der Waals surface area contributed by atoms with E-state index in [1.807, 2.05) is 48.2 Å². The SMILES string of the molecule is CC1(C(=O)N2CCCCC2)CC(=O)c2c([nH]c(-c3ccnc(NC(=O)[C@@H]4C[C@@H]4F)c3)c2Cc2ccccc2)C1. The molecule has 0 bridgehead atoms. The maximum Gasteiger partial charge on any atom is 0.231 e. The number of carbonyl (C=O) groups is 3. The smallest absolute Gasteiger partial charge is 0.231 e. The Morgan fingerprint density at radius 3 is 2.59 bits per heavy atom. The van der Waals surface area contributed by atoms with Crippen LogP contribution in [0.5, 0.6) is 0 Å². The number of carbonyl (C=O) groups excluding carboxylic acids is 3. The summed E-state index contributed by atoms with van der Waals surface area (Å²) in [5.74, 6) is -0.615. The second kappa shape index (κ2) is 10.1. The van der Waals surface area contributed by atoms with Gasteiger partial charge in [-0.2, -0.15) is 0 Å². The summed E-state index contributed by atoms with van der Waals surface area (Å²) in [7, 11) is 0. The van der Waals surface area contributed by atoms with Crippen LogP contribution in [0.25, 0.3) is 11.3 Å². The number of H-pyrrole nitrogens is 1. The number of nitrogens with zero attached hydrogens (tertiary/aromatic N) is 2. The number of rotatable bonds is 6. The van der Waals surface area contributed by atoms with E-state index < -0.39 is 17.5 Å². The van der Waals surface area contributed by atoms with Gasteiger partial charge >= 0.3 is 0 Å². The van der Waals surface area contributed by atoms with E-state index in [4.69, 9.17) is 0 Å². The number of aromatic amines is 1. The second-order valence-electron chi connectivity index (χ2n) is 11.5. The molecule has 1 unspecified atom stereocenters. The van der Waals surface area contributed by atoms with Gasteiger partial charge in [0.05, 0.1) is 17.0 Å².